The third kappa shape index (κ3) is 6.52. The maximum Gasteiger partial charge on any atom is 0.321 e. The second-order valence-electron chi connectivity index (χ2n) is 7.83. The van der Waals surface area contributed by atoms with E-state index in [4.69, 9.17) is 4.74 Å². The summed E-state index contributed by atoms with van der Waals surface area (Å²) >= 11 is 0. The molecule has 3 amide bonds. The van der Waals surface area contributed by atoms with E-state index in [0.717, 1.165) is 17.7 Å². The highest BCUT2D eigenvalue weighted by molar-refractivity contribution is 5.89. The Morgan fingerprint density at radius 1 is 0.939 bits per heavy atom. The third-order valence-corrected chi connectivity index (χ3v) is 5.41. The molecular weight excluding hydrogens is 418 g/mol. The Labute approximate surface area is 193 Å². The molecule has 2 aromatic heterocycles. The molecule has 8 nitrogen and oxygen atoms in total. The molecule has 3 heterocycles. The van der Waals surface area contributed by atoms with Crippen LogP contribution in [0.4, 0.5) is 10.5 Å². The van der Waals surface area contributed by atoms with Gasteiger partial charge in [-0.1, -0.05) is 18.2 Å². The van der Waals surface area contributed by atoms with Crippen molar-refractivity contribution in [1.29, 1.82) is 0 Å². The van der Waals surface area contributed by atoms with Gasteiger partial charge in [0.15, 0.2) is 0 Å². The third-order valence-electron chi connectivity index (χ3n) is 5.41. The first kappa shape index (κ1) is 22.3. The fourth-order valence-electron chi connectivity index (χ4n) is 3.66. The Kier molecular flexibility index (Phi) is 7.48. The number of aromatic nitrogens is 2. The summed E-state index contributed by atoms with van der Waals surface area (Å²) in [5.41, 5.74) is 2.39. The van der Waals surface area contributed by atoms with Gasteiger partial charge in [-0.25, -0.2) is 4.79 Å². The topological polar surface area (TPSA) is 87.7 Å². The van der Waals surface area contributed by atoms with Gasteiger partial charge in [0.05, 0.1) is 6.42 Å². The van der Waals surface area contributed by atoms with Crippen LogP contribution in [-0.4, -0.2) is 57.9 Å². The number of carbonyl (C=O) groups excluding carboxylic acids is 2. The van der Waals surface area contributed by atoms with Gasteiger partial charge < -0.3 is 19.9 Å². The first-order chi connectivity index (χ1) is 16.2. The number of nitrogens with zero attached hydrogens (tertiary/aromatic N) is 4. The molecule has 1 fully saturated rings. The number of nitrogens with one attached hydrogen (secondary N) is 1. The van der Waals surface area contributed by atoms with E-state index in [1.807, 2.05) is 53.4 Å². The predicted octanol–water partition coefficient (Wildman–Crippen LogP) is 3.36. The fourth-order valence-corrected chi connectivity index (χ4v) is 3.66. The van der Waals surface area contributed by atoms with E-state index < -0.39 is 0 Å². The number of rotatable bonds is 6. The van der Waals surface area contributed by atoms with Crippen LogP contribution in [0.3, 0.4) is 0 Å². The van der Waals surface area contributed by atoms with Gasteiger partial charge in [-0.3, -0.25) is 14.8 Å². The summed E-state index contributed by atoms with van der Waals surface area (Å²) in [4.78, 5) is 37.3. The summed E-state index contributed by atoms with van der Waals surface area (Å²) in [6, 6.07) is 16.5. The van der Waals surface area contributed by atoms with E-state index in [0.29, 0.717) is 44.2 Å². The van der Waals surface area contributed by atoms with Gasteiger partial charge >= 0.3 is 6.03 Å². The zero-order chi connectivity index (χ0) is 22.9. The number of amides is 3. The van der Waals surface area contributed by atoms with Crippen molar-refractivity contribution in [1.82, 2.24) is 19.8 Å². The van der Waals surface area contributed by atoms with Gasteiger partial charge in [0.2, 0.25) is 5.91 Å². The molecule has 1 aliphatic rings. The first-order valence-corrected chi connectivity index (χ1v) is 11.0. The molecule has 1 aromatic carbocycles. The summed E-state index contributed by atoms with van der Waals surface area (Å²) in [7, 11) is 0. The van der Waals surface area contributed by atoms with Crippen molar-refractivity contribution < 1.29 is 14.3 Å². The van der Waals surface area contributed by atoms with Gasteiger partial charge in [0.1, 0.15) is 12.4 Å². The smallest absolute Gasteiger partial charge is 0.321 e. The van der Waals surface area contributed by atoms with Gasteiger partial charge in [0, 0.05) is 67.8 Å². The lowest BCUT2D eigenvalue weighted by Crippen LogP contribution is -2.39. The molecule has 0 radical (unpaired) electrons. The molecule has 1 aliphatic heterocycles. The van der Waals surface area contributed by atoms with Crippen molar-refractivity contribution in [2.45, 2.75) is 19.4 Å². The van der Waals surface area contributed by atoms with Gasteiger partial charge in [-0.2, -0.15) is 0 Å². The highest BCUT2D eigenvalue weighted by Crippen LogP contribution is 2.19. The number of benzene rings is 1. The van der Waals surface area contributed by atoms with Gasteiger partial charge in [-0.05, 0) is 36.8 Å². The van der Waals surface area contributed by atoms with Crippen LogP contribution in [0.25, 0.3) is 0 Å². The fraction of sp³-hybridized carbons (Fsp3) is 0.280. The summed E-state index contributed by atoms with van der Waals surface area (Å²) in [6.45, 7) is 2.62. The molecule has 0 unspecified atom stereocenters. The minimum Gasteiger partial charge on any atom is -0.489 e. The molecule has 1 saturated heterocycles. The molecule has 33 heavy (non-hydrogen) atoms. The normalized spacial score (nSPS) is 13.8. The number of ether oxygens (including phenoxy) is 1. The lowest BCUT2D eigenvalue weighted by atomic mass is 10.2. The van der Waals surface area contributed by atoms with Crippen LogP contribution in [-0.2, 0) is 17.8 Å². The number of anilines is 1. The Morgan fingerprint density at radius 2 is 1.82 bits per heavy atom. The zero-order valence-electron chi connectivity index (χ0n) is 18.4. The second kappa shape index (κ2) is 11.1. The number of carbonyl (C=O) groups is 2. The Hall–Kier alpha value is -3.94. The molecule has 0 aliphatic carbocycles. The van der Waals surface area contributed by atoms with Crippen molar-refractivity contribution in [3.63, 3.8) is 0 Å². The second-order valence-corrected chi connectivity index (χ2v) is 7.83. The van der Waals surface area contributed by atoms with Crippen LogP contribution in [0.2, 0.25) is 0 Å². The van der Waals surface area contributed by atoms with E-state index >= 15 is 0 Å². The van der Waals surface area contributed by atoms with E-state index in [2.05, 4.69) is 15.3 Å². The maximum absolute atomic E-state index is 12.8. The van der Waals surface area contributed by atoms with Gasteiger partial charge in [-0.15, -0.1) is 0 Å². The average molecular weight is 446 g/mol. The lowest BCUT2D eigenvalue weighted by Gasteiger charge is -2.22. The van der Waals surface area contributed by atoms with E-state index in [1.54, 1.807) is 29.6 Å². The summed E-state index contributed by atoms with van der Waals surface area (Å²) < 4.78 is 5.81. The molecule has 0 atom stereocenters. The van der Waals surface area contributed by atoms with Crippen LogP contribution in [0, 0.1) is 0 Å². The monoisotopic (exact) mass is 445 g/mol. The minimum atomic E-state index is -0.182. The summed E-state index contributed by atoms with van der Waals surface area (Å²) in [5, 5.41) is 2.94. The Balaban J connectivity index is 1.28. The van der Waals surface area contributed by atoms with E-state index in [9.17, 15) is 9.59 Å². The summed E-state index contributed by atoms with van der Waals surface area (Å²) in [5.74, 6) is 0.702. The standard InChI is InChI=1S/C25H27N5O3/c31-24(17-21-7-1-2-11-27-21)29-12-5-13-30(15-14-29)25(32)28-22-8-3-9-23(16-22)33-19-20-6-4-10-26-18-20/h1-4,6-11,16,18H,5,12-15,17,19H2,(H,28,32). The van der Waals surface area contributed by atoms with Gasteiger partial charge in [0.25, 0.3) is 0 Å². The predicted molar refractivity (Wildman–Crippen MR) is 125 cm³/mol. The quantitative estimate of drug-likeness (QED) is 0.629. The molecule has 8 heteroatoms. The number of urea groups is 1. The summed E-state index contributed by atoms with van der Waals surface area (Å²) in [6.07, 6.45) is 6.18. The molecule has 0 spiro atoms. The maximum atomic E-state index is 12.8. The molecule has 0 saturated carbocycles. The lowest BCUT2D eigenvalue weighted by molar-refractivity contribution is -0.130. The Bertz CT molecular complexity index is 1060. The van der Waals surface area contributed by atoms with Crippen molar-refractivity contribution in [3.05, 3.63) is 84.4 Å². The molecule has 1 N–H and O–H groups in total. The average Bonchev–Trinajstić information content (AvgIpc) is 3.11. The highest BCUT2D eigenvalue weighted by atomic mass is 16.5. The SMILES string of the molecule is O=C(Cc1ccccn1)N1CCCN(C(=O)Nc2cccc(OCc3cccnc3)c2)CC1. The van der Waals surface area contributed by atoms with Crippen LogP contribution in [0.5, 0.6) is 5.75 Å². The molecule has 170 valence electrons. The van der Waals surface area contributed by atoms with Crippen LogP contribution in [0.1, 0.15) is 17.7 Å². The molecule has 4 rings (SSSR count). The minimum absolute atomic E-state index is 0.0365. The van der Waals surface area contributed by atoms with Crippen molar-refractivity contribution >= 4 is 17.6 Å². The molecule has 3 aromatic rings. The highest BCUT2D eigenvalue weighted by Gasteiger charge is 2.22. The largest absolute Gasteiger partial charge is 0.489 e. The van der Waals surface area contributed by atoms with Crippen molar-refractivity contribution in [2.24, 2.45) is 0 Å². The van der Waals surface area contributed by atoms with Crippen LogP contribution in [0.15, 0.2) is 73.2 Å². The van der Waals surface area contributed by atoms with Crippen molar-refractivity contribution in [2.75, 3.05) is 31.5 Å². The van der Waals surface area contributed by atoms with Crippen molar-refractivity contribution in [3.8, 4) is 5.75 Å². The van der Waals surface area contributed by atoms with Crippen LogP contribution >= 0.6 is 0 Å². The number of hydrogen-bond acceptors (Lipinski definition) is 5. The zero-order valence-corrected chi connectivity index (χ0v) is 18.4. The Morgan fingerprint density at radius 3 is 2.64 bits per heavy atom. The number of hydrogen-bond donors (Lipinski definition) is 1. The number of pyridine rings is 2. The molecular formula is C25H27N5O3. The first-order valence-electron chi connectivity index (χ1n) is 11.0. The van der Waals surface area contributed by atoms with E-state index in [-0.39, 0.29) is 18.4 Å². The van der Waals surface area contributed by atoms with Crippen LogP contribution < -0.4 is 10.1 Å². The molecule has 0 bridgehead atoms. The van der Waals surface area contributed by atoms with E-state index in [1.165, 1.54) is 0 Å².